The highest BCUT2D eigenvalue weighted by Crippen LogP contribution is 2.48. The molecule has 2 fully saturated rings. The topological polar surface area (TPSA) is 90.6 Å². The molecule has 2 aromatic rings. The van der Waals surface area contributed by atoms with Gasteiger partial charge in [-0.3, -0.25) is 4.90 Å². The van der Waals surface area contributed by atoms with Crippen molar-refractivity contribution in [3.05, 3.63) is 22.5 Å². The molecule has 0 radical (unpaired) electrons. The Bertz CT molecular complexity index is 1060. The monoisotopic (exact) mass is 472 g/mol. The third-order valence-corrected chi connectivity index (χ3v) is 7.32. The molecule has 5 rings (SSSR count). The molecule has 7 nitrogen and oxygen atoms in total. The SMILES string of the molecule is O=C1Nc2c(Cl)cc3nc(CN4CCC(O)(C(F)(F)F)CC4)oc3c2C2(CCCCC2)N1. The number of benzene rings is 1. The van der Waals surface area contributed by atoms with Crippen molar-refractivity contribution in [3.63, 3.8) is 0 Å². The van der Waals surface area contributed by atoms with Crippen molar-refractivity contribution in [1.82, 2.24) is 15.2 Å². The fourth-order valence-corrected chi connectivity index (χ4v) is 5.48. The van der Waals surface area contributed by atoms with Gasteiger partial charge in [-0.1, -0.05) is 30.9 Å². The zero-order chi connectivity index (χ0) is 22.7. The van der Waals surface area contributed by atoms with E-state index in [-0.39, 0.29) is 25.7 Å². The molecule has 2 amide bonds. The Balaban J connectivity index is 1.46. The van der Waals surface area contributed by atoms with Crippen LogP contribution in [0.15, 0.2) is 10.5 Å². The maximum absolute atomic E-state index is 13.1. The number of urea groups is 1. The number of aliphatic hydroxyl groups is 1. The molecule has 174 valence electrons. The van der Waals surface area contributed by atoms with E-state index in [0.717, 1.165) is 37.7 Å². The fourth-order valence-electron chi connectivity index (χ4n) is 5.24. The van der Waals surface area contributed by atoms with Gasteiger partial charge >= 0.3 is 12.2 Å². The van der Waals surface area contributed by atoms with Crippen molar-refractivity contribution in [2.75, 3.05) is 18.4 Å². The number of fused-ring (bicyclic) bond motifs is 4. The number of carbonyl (C=O) groups excluding carboxylic acids is 1. The second-order valence-electron chi connectivity index (χ2n) is 9.09. The highest BCUT2D eigenvalue weighted by Gasteiger charge is 2.54. The second kappa shape index (κ2) is 7.50. The molecule has 1 aromatic carbocycles. The molecule has 1 saturated heterocycles. The molecule has 0 bridgehead atoms. The number of hydrogen-bond donors (Lipinski definition) is 3. The van der Waals surface area contributed by atoms with E-state index in [9.17, 15) is 23.1 Å². The van der Waals surface area contributed by atoms with E-state index in [4.69, 9.17) is 16.0 Å². The van der Waals surface area contributed by atoms with E-state index in [1.807, 2.05) is 0 Å². The van der Waals surface area contributed by atoms with Crippen molar-refractivity contribution in [1.29, 1.82) is 0 Å². The van der Waals surface area contributed by atoms with Crippen LogP contribution in [-0.4, -0.2) is 45.9 Å². The zero-order valence-electron chi connectivity index (χ0n) is 17.3. The van der Waals surface area contributed by atoms with Crippen LogP contribution in [0.3, 0.4) is 0 Å². The van der Waals surface area contributed by atoms with Gasteiger partial charge in [-0.25, -0.2) is 9.78 Å². The van der Waals surface area contributed by atoms with Gasteiger partial charge in [0.1, 0.15) is 5.52 Å². The van der Waals surface area contributed by atoms with E-state index in [2.05, 4.69) is 15.6 Å². The number of nitrogens with one attached hydrogen (secondary N) is 2. The van der Waals surface area contributed by atoms with Crippen LogP contribution in [0, 0.1) is 0 Å². The third kappa shape index (κ3) is 3.52. The Morgan fingerprint density at radius 2 is 1.88 bits per heavy atom. The average molecular weight is 473 g/mol. The van der Waals surface area contributed by atoms with Crippen LogP contribution in [0.5, 0.6) is 0 Å². The summed E-state index contributed by atoms with van der Waals surface area (Å²) in [5.41, 5.74) is -0.810. The number of halogens is 4. The van der Waals surface area contributed by atoms with Gasteiger partial charge in [0.05, 0.1) is 22.8 Å². The first-order chi connectivity index (χ1) is 15.1. The van der Waals surface area contributed by atoms with Crippen molar-refractivity contribution >= 4 is 34.4 Å². The van der Waals surface area contributed by atoms with Gasteiger partial charge in [-0.15, -0.1) is 0 Å². The summed E-state index contributed by atoms with van der Waals surface area (Å²) in [5.74, 6) is 0.366. The van der Waals surface area contributed by atoms with Crippen LogP contribution >= 0.6 is 11.6 Å². The van der Waals surface area contributed by atoms with Gasteiger partial charge in [0.2, 0.25) is 5.89 Å². The Kier molecular flexibility index (Phi) is 5.10. The van der Waals surface area contributed by atoms with E-state index < -0.39 is 30.2 Å². The molecule has 11 heteroatoms. The van der Waals surface area contributed by atoms with Crippen LogP contribution in [0.4, 0.5) is 23.7 Å². The third-order valence-electron chi connectivity index (χ3n) is 7.02. The summed E-state index contributed by atoms with van der Waals surface area (Å²) in [6, 6.07) is 1.34. The first kappa shape index (κ1) is 21.8. The molecule has 32 heavy (non-hydrogen) atoms. The minimum Gasteiger partial charge on any atom is -0.439 e. The minimum absolute atomic E-state index is 0.0785. The summed E-state index contributed by atoms with van der Waals surface area (Å²) in [6.07, 6.45) is -0.880. The van der Waals surface area contributed by atoms with Crippen LogP contribution in [0.25, 0.3) is 11.1 Å². The van der Waals surface area contributed by atoms with Crippen LogP contribution < -0.4 is 10.6 Å². The number of aromatic nitrogens is 1. The lowest BCUT2D eigenvalue weighted by Gasteiger charge is -2.42. The summed E-state index contributed by atoms with van der Waals surface area (Å²) in [5, 5.41) is 16.1. The molecule has 1 aromatic heterocycles. The number of amides is 2. The van der Waals surface area contributed by atoms with Gasteiger partial charge in [-0.05, 0) is 31.7 Å². The fraction of sp³-hybridized carbons (Fsp3) is 0.619. The number of hydrogen-bond acceptors (Lipinski definition) is 5. The molecule has 3 aliphatic rings. The van der Waals surface area contributed by atoms with E-state index in [0.29, 0.717) is 27.7 Å². The molecule has 3 N–H and O–H groups in total. The number of oxazole rings is 1. The zero-order valence-corrected chi connectivity index (χ0v) is 18.1. The largest absolute Gasteiger partial charge is 0.439 e. The Labute approximate surface area is 187 Å². The van der Waals surface area contributed by atoms with E-state index in [1.54, 1.807) is 11.0 Å². The van der Waals surface area contributed by atoms with E-state index >= 15 is 0 Å². The first-order valence-corrected chi connectivity index (χ1v) is 11.2. The lowest BCUT2D eigenvalue weighted by atomic mass is 9.74. The van der Waals surface area contributed by atoms with Crippen molar-refractivity contribution < 1.29 is 27.5 Å². The molecule has 1 aliphatic carbocycles. The number of likely N-dealkylation sites (tertiary alicyclic amines) is 1. The molecule has 3 heterocycles. The lowest BCUT2D eigenvalue weighted by molar-refractivity contribution is -0.273. The standard InChI is InChI=1S/C21H24ClF3N4O3/c22-12-10-13-17(15-16(12)27-18(30)28-19(15)4-2-1-3-5-19)32-14(26-13)11-29-8-6-20(31,7-9-29)21(23,24)25/h10,31H,1-9,11H2,(H2,27,28,30). The van der Waals surface area contributed by atoms with Gasteiger partial charge in [0.25, 0.3) is 0 Å². The average Bonchev–Trinajstić information content (AvgIpc) is 3.11. The normalized spacial score (nSPS) is 23.1. The Hall–Kier alpha value is -2.04. The molecule has 2 aliphatic heterocycles. The smallest absolute Gasteiger partial charge is 0.417 e. The van der Waals surface area contributed by atoms with Crippen LogP contribution in [0.1, 0.15) is 56.4 Å². The van der Waals surface area contributed by atoms with Gasteiger partial charge < -0.3 is 20.2 Å². The van der Waals surface area contributed by atoms with Gasteiger partial charge in [0, 0.05) is 18.7 Å². The molecule has 1 spiro atoms. The number of nitrogens with zero attached hydrogens (tertiary/aromatic N) is 2. The Morgan fingerprint density at radius 3 is 2.53 bits per heavy atom. The van der Waals surface area contributed by atoms with E-state index in [1.165, 1.54) is 0 Å². The lowest BCUT2D eigenvalue weighted by Crippen LogP contribution is -2.53. The summed E-state index contributed by atoms with van der Waals surface area (Å²) < 4.78 is 45.3. The summed E-state index contributed by atoms with van der Waals surface area (Å²) in [6.45, 7) is 0.381. The van der Waals surface area contributed by atoms with Crippen LogP contribution in [0.2, 0.25) is 5.02 Å². The minimum atomic E-state index is -4.64. The highest BCUT2D eigenvalue weighted by atomic mass is 35.5. The number of rotatable bonds is 2. The van der Waals surface area contributed by atoms with Gasteiger partial charge in [0.15, 0.2) is 11.2 Å². The predicted molar refractivity (Wildman–Crippen MR) is 111 cm³/mol. The van der Waals surface area contributed by atoms with Gasteiger partial charge in [-0.2, -0.15) is 13.2 Å². The second-order valence-corrected chi connectivity index (χ2v) is 9.50. The maximum Gasteiger partial charge on any atom is 0.417 e. The van der Waals surface area contributed by atoms with Crippen molar-refractivity contribution in [2.45, 2.75) is 68.8 Å². The molecule has 1 saturated carbocycles. The number of carbonyl (C=O) groups is 1. The summed E-state index contributed by atoms with van der Waals surface area (Å²) in [4.78, 5) is 18.7. The van der Waals surface area contributed by atoms with Crippen LogP contribution in [-0.2, 0) is 12.1 Å². The van der Waals surface area contributed by atoms with Crippen molar-refractivity contribution in [2.24, 2.45) is 0 Å². The summed E-state index contributed by atoms with van der Waals surface area (Å²) in [7, 11) is 0. The molecule has 0 atom stereocenters. The molecule has 0 unspecified atom stereocenters. The maximum atomic E-state index is 13.1. The molecular formula is C21H24ClF3N4O3. The summed E-state index contributed by atoms with van der Waals surface area (Å²) >= 11 is 6.50. The number of alkyl halides is 3. The first-order valence-electron chi connectivity index (χ1n) is 10.8. The van der Waals surface area contributed by atoms with Crippen molar-refractivity contribution in [3.8, 4) is 0 Å². The highest BCUT2D eigenvalue weighted by molar-refractivity contribution is 6.35. The number of anilines is 1. The Morgan fingerprint density at radius 1 is 1.19 bits per heavy atom. The predicted octanol–water partition coefficient (Wildman–Crippen LogP) is 4.66. The quantitative estimate of drug-likeness (QED) is 0.591. The number of piperidine rings is 1. The molecular weight excluding hydrogens is 449 g/mol.